The number of piperidine rings is 1. The Hall–Kier alpha value is 0.460. The van der Waals surface area contributed by atoms with Crippen molar-refractivity contribution >= 4 is 24.8 Å². The summed E-state index contributed by atoms with van der Waals surface area (Å²) in [7, 11) is 0. The maximum Gasteiger partial charge on any atom is 0.0774 e. The highest BCUT2D eigenvalue weighted by Crippen LogP contribution is 2.29. The lowest BCUT2D eigenvalue weighted by molar-refractivity contribution is -0.0306. The number of likely N-dealkylation sites (tertiary alicyclic amines) is 1. The van der Waals surface area contributed by atoms with E-state index < -0.39 is 0 Å². The topological polar surface area (TPSA) is 49.5 Å². The van der Waals surface area contributed by atoms with Crippen LogP contribution in [-0.2, 0) is 0 Å². The molecular formula is C12H26Cl2N2O. The van der Waals surface area contributed by atoms with E-state index in [1.54, 1.807) is 0 Å². The lowest BCUT2D eigenvalue weighted by Crippen LogP contribution is -2.48. The highest BCUT2D eigenvalue weighted by molar-refractivity contribution is 5.85. The van der Waals surface area contributed by atoms with E-state index in [1.807, 2.05) is 0 Å². The maximum atomic E-state index is 10.4. The molecule has 104 valence electrons. The van der Waals surface area contributed by atoms with Crippen LogP contribution in [0.4, 0.5) is 0 Å². The predicted molar refractivity (Wildman–Crippen MR) is 76.2 cm³/mol. The molecule has 1 aliphatic carbocycles. The fourth-order valence-electron chi connectivity index (χ4n) is 2.90. The molecular weight excluding hydrogens is 259 g/mol. The second-order valence-electron chi connectivity index (χ2n) is 5.40. The summed E-state index contributed by atoms with van der Waals surface area (Å²) in [5.41, 5.74) is 5.48. The number of β-amino-alcohol motifs (C(OH)–C–C–N with tert-alkyl or cyclic N) is 1. The number of nitrogens with two attached hydrogens (primary N) is 1. The highest BCUT2D eigenvalue weighted by atomic mass is 35.5. The van der Waals surface area contributed by atoms with Crippen molar-refractivity contribution in [3.63, 3.8) is 0 Å². The first-order chi connectivity index (χ1) is 7.18. The molecule has 2 aliphatic rings. The standard InChI is InChI=1S/C12H24N2O.2ClH/c13-11-4-8-14(9-5-11)10-12(15)6-2-1-3-7-12;;/h11,15H,1-10,13H2;2*1H. The molecule has 2 rings (SSSR count). The van der Waals surface area contributed by atoms with Crippen LogP contribution < -0.4 is 5.73 Å². The van der Waals surface area contributed by atoms with Crippen molar-refractivity contribution in [1.82, 2.24) is 4.90 Å². The molecule has 0 spiro atoms. The van der Waals surface area contributed by atoms with Crippen molar-refractivity contribution in [2.75, 3.05) is 19.6 Å². The minimum absolute atomic E-state index is 0. The van der Waals surface area contributed by atoms with Crippen LogP contribution in [0.3, 0.4) is 0 Å². The lowest BCUT2D eigenvalue weighted by Gasteiger charge is -2.39. The van der Waals surface area contributed by atoms with Gasteiger partial charge in [-0.05, 0) is 38.8 Å². The zero-order valence-electron chi connectivity index (χ0n) is 10.4. The van der Waals surface area contributed by atoms with Crippen molar-refractivity contribution in [2.24, 2.45) is 5.73 Å². The zero-order chi connectivity index (χ0) is 10.7. The molecule has 0 radical (unpaired) electrons. The first-order valence-corrected chi connectivity index (χ1v) is 6.38. The minimum Gasteiger partial charge on any atom is -0.389 e. The first kappa shape index (κ1) is 17.5. The SMILES string of the molecule is Cl.Cl.NC1CCN(CC2(O)CCCCC2)CC1. The Morgan fingerprint density at radius 2 is 1.59 bits per heavy atom. The van der Waals surface area contributed by atoms with Gasteiger partial charge in [0.1, 0.15) is 0 Å². The number of rotatable bonds is 2. The fraction of sp³-hybridized carbons (Fsp3) is 1.00. The van der Waals surface area contributed by atoms with Gasteiger partial charge in [0.15, 0.2) is 0 Å². The summed E-state index contributed by atoms with van der Waals surface area (Å²) in [6.07, 6.45) is 7.87. The smallest absolute Gasteiger partial charge is 0.0774 e. The number of hydrogen-bond donors (Lipinski definition) is 2. The summed E-state index contributed by atoms with van der Waals surface area (Å²) in [5, 5.41) is 10.4. The van der Waals surface area contributed by atoms with Crippen LogP contribution in [0, 0.1) is 0 Å². The molecule has 1 heterocycles. The van der Waals surface area contributed by atoms with Gasteiger partial charge < -0.3 is 15.7 Å². The van der Waals surface area contributed by atoms with Crippen molar-refractivity contribution in [3.05, 3.63) is 0 Å². The van der Waals surface area contributed by atoms with Gasteiger partial charge in [0.25, 0.3) is 0 Å². The van der Waals surface area contributed by atoms with Crippen LogP contribution in [0.5, 0.6) is 0 Å². The Balaban J connectivity index is 0.00000128. The number of halogens is 2. The van der Waals surface area contributed by atoms with E-state index in [4.69, 9.17) is 5.73 Å². The maximum absolute atomic E-state index is 10.4. The third-order valence-electron chi connectivity index (χ3n) is 3.93. The van der Waals surface area contributed by atoms with Crippen molar-refractivity contribution in [2.45, 2.75) is 56.6 Å². The molecule has 1 saturated carbocycles. The lowest BCUT2D eigenvalue weighted by atomic mass is 9.84. The summed E-state index contributed by atoms with van der Waals surface area (Å²) in [6, 6.07) is 0.391. The van der Waals surface area contributed by atoms with E-state index in [0.717, 1.165) is 45.3 Å². The van der Waals surface area contributed by atoms with Crippen LogP contribution >= 0.6 is 24.8 Å². The van der Waals surface area contributed by atoms with Crippen molar-refractivity contribution in [3.8, 4) is 0 Å². The molecule has 0 bridgehead atoms. The second kappa shape index (κ2) is 7.80. The Bertz CT molecular complexity index is 203. The number of aliphatic hydroxyl groups is 1. The molecule has 3 N–H and O–H groups in total. The largest absolute Gasteiger partial charge is 0.389 e. The van der Waals surface area contributed by atoms with E-state index in [1.165, 1.54) is 19.3 Å². The number of hydrogen-bond acceptors (Lipinski definition) is 3. The summed E-state index contributed by atoms with van der Waals surface area (Å²) < 4.78 is 0. The van der Waals surface area contributed by atoms with E-state index in [-0.39, 0.29) is 30.4 Å². The predicted octanol–water partition coefficient (Wildman–Crippen LogP) is 1.95. The summed E-state index contributed by atoms with van der Waals surface area (Å²) in [5.74, 6) is 0. The van der Waals surface area contributed by atoms with Gasteiger partial charge in [0.05, 0.1) is 5.60 Å². The van der Waals surface area contributed by atoms with Gasteiger partial charge in [-0.1, -0.05) is 19.3 Å². The molecule has 0 aromatic carbocycles. The van der Waals surface area contributed by atoms with Gasteiger partial charge in [-0.3, -0.25) is 0 Å². The van der Waals surface area contributed by atoms with Gasteiger partial charge in [0, 0.05) is 12.6 Å². The Morgan fingerprint density at radius 3 is 2.12 bits per heavy atom. The van der Waals surface area contributed by atoms with Crippen molar-refractivity contribution < 1.29 is 5.11 Å². The van der Waals surface area contributed by atoms with Crippen LogP contribution in [-0.4, -0.2) is 41.3 Å². The zero-order valence-corrected chi connectivity index (χ0v) is 12.1. The van der Waals surface area contributed by atoms with Crippen molar-refractivity contribution in [1.29, 1.82) is 0 Å². The van der Waals surface area contributed by atoms with E-state index in [2.05, 4.69) is 4.90 Å². The van der Waals surface area contributed by atoms with Gasteiger partial charge >= 0.3 is 0 Å². The molecule has 0 unspecified atom stereocenters. The quantitative estimate of drug-likeness (QED) is 0.815. The molecule has 2 fully saturated rings. The molecule has 0 atom stereocenters. The second-order valence-corrected chi connectivity index (χ2v) is 5.40. The van der Waals surface area contributed by atoms with Gasteiger partial charge in [-0.15, -0.1) is 24.8 Å². The molecule has 3 nitrogen and oxygen atoms in total. The van der Waals surface area contributed by atoms with Crippen LogP contribution in [0.15, 0.2) is 0 Å². The third kappa shape index (κ3) is 5.31. The molecule has 0 aromatic rings. The summed E-state index contributed by atoms with van der Waals surface area (Å²) in [6.45, 7) is 3.02. The molecule has 1 aliphatic heterocycles. The Kier molecular flexibility index (Phi) is 8.01. The average molecular weight is 285 g/mol. The van der Waals surface area contributed by atoms with Gasteiger partial charge in [-0.25, -0.2) is 0 Å². The number of nitrogens with zero attached hydrogens (tertiary/aromatic N) is 1. The summed E-state index contributed by atoms with van der Waals surface area (Å²) >= 11 is 0. The van der Waals surface area contributed by atoms with E-state index in [0.29, 0.717) is 6.04 Å². The molecule has 17 heavy (non-hydrogen) atoms. The normalized spacial score (nSPS) is 25.8. The average Bonchev–Trinajstić information content (AvgIpc) is 2.22. The van der Waals surface area contributed by atoms with E-state index >= 15 is 0 Å². The molecule has 0 amide bonds. The highest BCUT2D eigenvalue weighted by Gasteiger charge is 2.32. The third-order valence-corrected chi connectivity index (χ3v) is 3.93. The fourth-order valence-corrected chi connectivity index (χ4v) is 2.90. The Morgan fingerprint density at radius 1 is 1.06 bits per heavy atom. The Labute approximate surface area is 117 Å². The summed E-state index contributed by atoms with van der Waals surface area (Å²) in [4.78, 5) is 2.40. The van der Waals surface area contributed by atoms with Gasteiger partial charge in [-0.2, -0.15) is 0 Å². The van der Waals surface area contributed by atoms with Gasteiger partial charge in [0.2, 0.25) is 0 Å². The monoisotopic (exact) mass is 284 g/mol. The molecule has 0 aromatic heterocycles. The van der Waals surface area contributed by atoms with Crippen LogP contribution in [0.2, 0.25) is 0 Å². The minimum atomic E-state index is -0.389. The van der Waals surface area contributed by atoms with Crippen LogP contribution in [0.1, 0.15) is 44.9 Å². The van der Waals surface area contributed by atoms with E-state index in [9.17, 15) is 5.11 Å². The molecule has 5 heteroatoms. The van der Waals surface area contributed by atoms with Crippen LogP contribution in [0.25, 0.3) is 0 Å². The molecule has 1 saturated heterocycles. The first-order valence-electron chi connectivity index (χ1n) is 6.38.